The second-order valence-corrected chi connectivity index (χ2v) is 18.2. The number of nitrogens with zero attached hydrogens (tertiary/aromatic N) is 5. The van der Waals surface area contributed by atoms with Crippen molar-refractivity contribution in [3.8, 4) is 40.1 Å². The SMILES string of the molecule is Brc1c(Oc2cccc(Oc3cccc(-n4c5ccccc5c5c6oc7ccccc7c6ccc54)c3-n3nnc4ccccc43)c2)cccc1-n1c2ccccc2c2c3oc4ccccc4c3ccc21. The van der Waals surface area contributed by atoms with E-state index in [9.17, 15) is 0 Å². The normalized spacial score (nSPS) is 12.1. The van der Waals surface area contributed by atoms with Crippen molar-refractivity contribution < 1.29 is 18.3 Å². The average molecular weight is 969 g/mol. The Morgan fingerprint density at radius 3 is 1.54 bits per heavy atom. The lowest BCUT2D eigenvalue weighted by atomic mass is 10.1. The van der Waals surface area contributed by atoms with Crippen molar-refractivity contribution in [2.75, 3.05) is 0 Å². The second kappa shape index (κ2) is 14.9. The number of hydrogen-bond acceptors (Lipinski definition) is 6. The molecule has 0 saturated heterocycles. The summed E-state index contributed by atoms with van der Waals surface area (Å²) in [5.74, 6) is 2.40. The van der Waals surface area contributed by atoms with Gasteiger partial charge in [-0.15, -0.1) is 5.10 Å². The largest absolute Gasteiger partial charge is 0.456 e. The van der Waals surface area contributed by atoms with E-state index in [4.69, 9.17) is 23.5 Å². The first kappa shape index (κ1) is 38.9. The van der Waals surface area contributed by atoms with Gasteiger partial charge in [0.2, 0.25) is 0 Å². The lowest BCUT2D eigenvalue weighted by Crippen LogP contribution is -2.07. The third kappa shape index (κ3) is 5.65. The van der Waals surface area contributed by atoms with Gasteiger partial charge in [0, 0.05) is 38.4 Å². The molecule has 0 saturated carbocycles. The Morgan fingerprint density at radius 2 is 0.900 bits per heavy atom. The van der Waals surface area contributed by atoms with Crippen LogP contribution in [0.5, 0.6) is 23.0 Å². The third-order valence-corrected chi connectivity index (χ3v) is 14.4. The van der Waals surface area contributed by atoms with E-state index in [1.807, 2.05) is 102 Å². The Hall–Kier alpha value is -9.12. The van der Waals surface area contributed by atoms with E-state index in [2.05, 4.69) is 139 Å². The number of para-hydroxylation sites is 6. The Labute approximate surface area is 405 Å². The number of ether oxygens (including phenoxy) is 2. The fraction of sp³-hybridized carbons (Fsp3) is 0. The van der Waals surface area contributed by atoms with E-state index in [-0.39, 0.29) is 0 Å². The predicted molar refractivity (Wildman–Crippen MR) is 283 cm³/mol. The molecule has 9 nitrogen and oxygen atoms in total. The maximum atomic E-state index is 6.97. The maximum Gasteiger partial charge on any atom is 0.155 e. The topological polar surface area (TPSA) is 85.3 Å². The van der Waals surface area contributed by atoms with Crippen LogP contribution in [0.3, 0.4) is 0 Å². The van der Waals surface area contributed by atoms with E-state index in [1.54, 1.807) is 0 Å². The van der Waals surface area contributed by atoms with E-state index >= 15 is 0 Å². The molecule has 330 valence electrons. The number of benzene rings is 10. The van der Waals surface area contributed by atoms with Crippen LogP contribution in [0.15, 0.2) is 220 Å². The average Bonchev–Trinajstić information content (AvgIpc) is 4.23. The molecule has 15 rings (SSSR count). The monoisotopic (exact) mass is 967 g/mol. The molecule has 0 fully saturated rings. The van der Waals surface area contributed by atoms with Crippen molar-refractivity contribution in [1.82, 2.24) is 24.1 Å². The zero-order chi connectivity index (χ0) is 46.0. The molecule has 0 spiro atoms. The van der Waals surface area contributed by atoms with Crippen molar-refractivity contribution in [3.63, 3.8) is 0 Å². The molecule has 0 aliphatic heterocycles. The number of hydrogen-bond donors (Lipinski definition) is 0. The summed E-state index contributed by atoms with van der Waals surface area (Å²) in [5.41, 5.74) is 11.6. The fourth-order valence-electron chi connectivity index (χ4n) is 10.6. The number of halogens is 1. The van der Waals surface area contributed by atoms with Gasteiger partial charge in [0.25, 0.3) is 0 Å². The van der Waals surface area contributed by atoms with Crippen LogP contribution < -0.4 is 9.47 Å². The highest BCUT2D eigenvalue weighted by Gasteiger charge is 2.25. The van der Waals surface area contributed by atoms with Gasteiger partial charge in [0.1, 0.15) is 50.8 Å². The predicted octanol–water partition coefficient (Wildman–Crippen LogP) is 16.8. The third-order valence-electron chi connectivity index (χ3n) is 13.6. The highest BCUT2D eigenvalue weighted by molar-refractivity contribution is 9.10. The molecule has 0 amide bonds. The maximum absolute atomic E-state index is 6.97. The van der Waals surface area contributed by atoms with Crippen LogP contribution >= 0.6 is 15.9 Å². The van der Waals surface area contributed by atoms with Crippen LogP contribution in [-0.4, -0.2) is 24.1 Å². The molecular weight excluding hydrogens is 935 g/mol. The van der Waals surface area contributed by atoms with E-state index in [1.165, 1.54) is 0 Å². The quantitative estimate of drug-likeness (QED) is 0.158. The highest BCUT2D eigenvalue weighted by atomic mass is 79.9. The summed E-state index contributed by atoms with van der Waals surface area (Å²) in [5, 5.41) is 18.0. The van der Waals surface area contributed by atoms with Crippen molar-refractivity contribution in [1.29, 1.82) is 0 Å². The van der Waals surface area contributed by atoms with Crippen molar-refractivity contribution in [2.45, 2.75) is 0 Å². The zero-order valence-electron chi connectivity index (χ0n) is 36.9. The first-order valence-electron chi connectivity index (χ1n) is 23.0. The molecule has 0 unspecified atom stereocenters. The van der Waals surface area contributed by atoms with Crippen molar-refractivity contribution >= 4 is 114 Å². The summed E-state index contributed by atoms with van der Waals surface area (Å²) in [4.78, 5) is 0. The summed E-state index contributed by atoms with van der Waals surface area (Å²) in [7, 11) is 0. The van der Waals surface area contributed by atoms with Crippen LogP contribution in [0.1, 0.15) is 0 Å². The second-order valence-electron chi connectivity index (χ2n) is 17.5. The molecule has 15 aromatic rings. The van der Waals surface area contributed by atoms with Crippen molar-refractivity contribution in [2.24, 2.45) is 0 Å². The van der Waals surface area contributed by atoms with Crippen LogP contribution in [0.25, 0.3) is 116 Å². The first-order chi connectivity index (χ1) is 34.6. The summed E-state index contributed by atoms with van der Waals surface area (Å²) in [6, 6.07) is 69.9. The Bertz CT molecular complexity index is 4650. The molecule has 5 aromatic heterocycles. The minimum absolute atomic E-state index is 0.578. The van der Waals surface area contributed by atoms with Gasteiger partial charge >= 0.3 is 0 Å². The molecular formula is C60H34BrN5O4. The van der Waals surface area contributed by atoms with Crippen LogP contribution in [-0.2, 0) is 0 Å². The van der Waals surface area contributed by atoms with Crippen molar-refractivity contribution in [3.05, 3.63) is 211 Å². The molecule has 5 heterocycles. The Kier molecular flexibility index (Phi) is 8.31. The van der Waals surface area contributed by atoms with E-state index in [0.717, 1.165) is 120 Å². The van der Waals surface area contributed by atoms with Gasteiger partial charge in [-0.1, -0.05) is 108 Å². The molecule has 10 heteroatoms. The molecule has 0 aliphatic rings. The Morgan fingerprint density at radius 1 is 0.400 bits per heavy atom. The zero-order valence-corrected chi connectivity index (χ0v) is 38.5. The molecule has 70 heavy (non-hydrogen) atoms. The minimum Gasteiger partial charge on any atom is -0.456 e. The number of aromatic nitrogens is 5. The molecule has 0 bridgehead atoms. The molecule has 0 aliphatic carbocycles. The van der Waals surface area contributed by atoms with Crippen LogP contribution in [0, 0.1) is 0 Å². The van der Waals surface area contributed by atoms with Gasteiger partial charge in [-0.25, -0.2) is 4.68 Å². The smallest absolute Gasteiger partial charge is 0.155 e. The van der Waals surface area contributed by atoms with Gasteiger partial charge in [0.15, 0.2) is 5.75 Å². The molecule has 10 aromatic carbocycles. The highest BCUT2D eigenvalue weighted by Crippen LogP contribution is 2.46. The fourth-order valence-corrected chi connectivity index (χ4v) is 11.1. The molecule has 0 radical (unpaired) electrons. The summed E-state index contributed by atoms with van der Waals surface area (Å²) >= 11 is 3.99. The first-order valence-corrected chi connectivity index (χ1v) is 23.8. The van der Waals surface area contributed by atoms with Gasteiger partial charge in [-0.3, -0.25) is 0 Å². The minimum atomic E-state index is 0.578. The standard InChI is InChI=1S/C60H34BrN5O4/c61-57-49(64-44-21-6-1-18-41(44)55-47(64)32-30-39-37-16-3-9-26-51(37)69-59(39)55)24-12-28-53(57)67-35-14-11-15-36(34-35)68-54-29-13-25-50(58(54)66-46-23-8-5-20-43(46)62-63-66)65-45-22-7-2-19-42(45)56-48(65)33-31-40-38-17-4-10-27-52(38)70-60(40)56/h1-34H. The number of fused-ring (bicyclic) bond motifs is 15. The Balaban J connectivity index is 0.851. The van der Waals surface area contributed by atoms with E-state index in [0.29, 0.717) is 23.0 Å². The van der Waals surface area contributed by atoms with Gasteiger partial charge in [-0.2, -0.15) is 0 Å². The summed E-state index contributed by atoms with van der Waals surface area (Å²) in [6.07, 6.45) is 0. The van der Waals surface area contributed by atoms with Crippen LogP contribution in [0.2, 0.25) is 0 Å². The van der Waals surface area contributed by atoms with Gasteiger partial charge in [0.05, 0.1) is 54.2 Å². The molecule has 0 atom stereocenters. The van der Waals surface area contributed by atoms with Gasteiger partial charge < -0.3 is 27.4 Å². The lowest BCUT2D eigenvalue weighted by molar-refractivity contribution is 0.456. The summed E-state index contributed by atoms with van der Waals surface area (Å²) < 4.78 is 34.2. The van der Waals surface area contributed by atoms with Crippen LogP contribution in [0.4, 0.5) is 0 Å². The number of furan rings is 2. The lowest BCUT2D eigenvalue weighted by Gasteiger charge is -2.18. The number of rotatable bonds is 7. The summed E-state index contributed by atoms with van der Waals surface area (Å²) in [6.45, 7) is 0. The molecule has 0 N–H and O–H groups in total. The van der Waals surface area contributed by atoms with Gasteiger partial charge in [-0.05, 0) is 113 Å². The van der Waals surface area contributed by atoms with E-state index < -0.39 is 0 Å².